The fourth-order valence-electron chi connectivity index (χ4n) is 3.16. The summed E-state index contributed by atoms with van der Waals surface area (Å²) in [6.45, 7) is 0. The summed E-state index contributed by atoms with van der Waals surface area (Å²) in [5, 5.41) is 2.54. The molecule has 0 unspecified atom stereocenters. The molecule has 0 spiro atoms. The zero-order chi connectivity index (χ0) is 23.4. The van der Waals surface area contributed by atoms with Gasteiger partial charge in [0.05, 0.1) is 18.4 Å². The van der Waals surface area contributed by atoms with Crippen LogP contribution in [0.4, 0.5) is 5.69 Å². The van der Waals surface area contributed by atoms with Gasteiger partial charge in [-0.3, -0.25) is 19.8 Å². The highest BCUT2D eigenvalue weighted by atomic mass is 32.1. The summed E-state index contributed by atoms with van der Waals surface area (Å²) in [6.07, 6.45) is 1.46. The van der Waals surface area contributed by atoms with Crippen LogP contribution in [0.15, 0.2) is 84.4 Å². The van der Waals surface area contributed by atoms with Gasteiger partial charge in [0, 0.05) is 0 Å². The van der Waals surface area contributed by atoms with E-state index in [-0.39, 0.29) is 10.7 Å². The Hall–Kier alpha value is -4.30. The molecule has 0 aliphatic carbocycles. The third-order valence-corrected chi connectivity index (χ3v) is 5.13. The van der Waals surface area contributed by atoms with Crippen LogP contribution in [0.3, 0.4) is 0 Å². The highest BCUT2D eigenvalue weighted by molar-refractivity contribution is 7.80. The first-order valence-electron chi connectivity index (χ1n) is 9.89. The summed E-state index contributed by atoms with van der Waals surface area (Å²) in [7, 11) is 1.54. The minimum absolute atomic E-state index is 0.00418. The van der Waals surface area contributed by atoms with E-state index in [0.717, 1.165) is 0 Å². The molecule has 7 nitrogen and oxygen atoms in total. The number of anilines is 1. The number of carbonyl (C=O) groups excluding carboxylic acids is 3. The number of benzene rings is 3. The second-order valence-corrected chi connectivity index (χ2v) is 7.37. The van der Waals surface area contributed by atoms with Gasteiger partial charge in [-0.1, -0.05) is 30.3 Å². The second-order valence-electron chi connectivity index (χ2n) is 6.98. The lowest BCUT2D eigenvalue weighted by atomic mass is 10.1. The van der Waals surface area contributed by atoms with Crippen molar-refractivity contribution in [2.75, 3.05) is 12.0 Å². The molecule has 1 N–H and O–H groups in total. The van der Waals surface area contributed by atoms with Crippen LogP contribution >= 0.6 is 12.2 Å². The van der Waals surface area contributed by atoms with Gasteiger partial charge in [-0.15, -0.1) is 0 Å². The van der Waals surface area contributed by atoms with Gasteiger partial charge >= 0.3 is 5.97 Å². The van der Waals surface area contributed by atoms with Crippen molar-refractivity contribution in [2.24, 2.45) is 0 Å². The van der Waals surface area contributed by atoms with Crippen molar-refractivity contribution in [2.45, 2.75) is 0 Å². The predicted octanol–water partition coefficient (Wildman–Crippen LogP) is 3.75. The molecule has 2 amide bonds. The molecule has 3 aromatic rings. The fourth-order valence-corrected chi connectivity index (χ4v) is 3.44. The standard InChI is InChI=1S/C25H18N2O5S/c1-31-19-13-9-18(10-14-19)27-23(29)21(22(28)26-25(27)33)15-16-7-11-20(12-8-16)32-24(30)17-5-3-2-4-6-17/h2-15H,1H3,(H,26,28,33)/b21-15-. The molecule has 0 radical (unpaired) electrons. The van der Waals surface area contributed by atoms with Gasteiger partial charge in [-0.05, 0) is 72.4 Å². The highest BCUT2D eigenvalue weighted by Crippen LogP contribution is 2.25. The molecule has 0 saturated carbocycles. The molecule has 33 heavy (non-hydrogen) atoms. The molecule has 1 fully saturated rings. The van der Waals surface area contributed by atoms with Crippen LogP contribution in [0.25, 0.3) is 6.08 Å². The van der Waals surface area contributed by atoms with E-state index in [1.807, 2.05) is 6.07 Å². The summed E-state index contributed by atoms with van der Waals surface area (Å²) < 4.78 is 10.5. The zero-order valence-electron chi connectivity index (χ0n) is 17.5. The Morgan fingerprint density at radius 1 is 0.909 bits per heavy atom. The molecular weight excluding hydrogens is 440 g/mol. The number of hydrogen-bond donors (Lipinski definition) is 1. The molecule has 8 heteroatoms. The number of nitrogens with zero attached hydrogens (tertiary/aromatic N) is 1. The predicted molar refractivity (Wildman–Crippen MR) is 127 cm³/mol. The van der Waals surface area contributed by atoms with Gasteiger partial charge < -0.3 is 9.47 Å². The third-order valence-electron chi connectivity index (χ3n) is 4.84. The van der Waals surface area contributed by atoms with Crippen molar-refractivity contribution >= 4 is 46.9 Å². The van der Waals surface area contributed by atoms with Gasteiger partial charge in [-0.2, -0.15) is 0 Å². The monoisotopic (exact) mass is 458 g/mol. The number of esters is 1. The number of methoxy groups -OCH3 is 1. The van der Waals surface area contributed by atoms with Crippen LogP contribution in [0, 0.1) is 0 Å². The van der Waals surface area contributed by atoms with E-state index in [1.165, 1.54) is 11.0 Å². The molecule has 4 rings (SSSR count). The van der Waals surface area contributed by atoms with Crippen molar-refractivity contribution in [3.8, 4) is 11.5 Å². The number of nitrogens with one attached hydrogen (secondary N) is 1. The largest absolute Gasteiger partial charge is 0.497 e. The van der Waals surface area contributed by atoms with Crippen molar-refractivity contribution < 1.29 is 23.9 Å². The number of rotatable bonds is 5. The maximum Gasteiger partial charge on any atom is 0.343 e. The topological polar surface area (TPSA) is 84.9 Å². The van der Waals surface area contributed by atoms with Gasteiger partial charge in [0.1, 0.15) is 17.1 Å². The second kappa shape index (κ2) is 9.46. The van der Waals surface area contributed by atoms with E-state index in [0.29, 0.717) is 28.3 Å². The molecule has 1 heterocycles. The molecule has 1 aliphatic heterocycles. The number of carbonyl (C=O) groups is 3. The first-order valence-corrected chi connectivity index (χ1v) is 10.3. The lowest BCUT2D eigenvalue weighted by Gasteiger charge is -2.29. The number of ether oxygens (including phenoxy) is 2. The van der Waals surface area contributed by atoms with Crippen LogP contribution < -0.4 is 19.7 Å². The summed E-state index contributed by atoms with van der Waals surface area (Å²) in [6, 6.07) is 21.8. The lowest BCUT2D eigenvalue weighted by Crippen LogP contribution is -2.54. The highest BCUT2D eigenvalue weighted by Gasteiger charge is 2.34. The molecule has 0 bridgehead atoms. The van der Waals surface area contributed by atoms with Gasteiger partial charge in [0.25, 0.3) is 11.8 Å². The van der Waals surface area contributed by atoms with Crippen LogP contribution in [0.5, 0.6) is 11.5 Å². The minimum Gasteiger partial charge on any atom is -0.497 e. The summed E-state index contributed by atoms with van der Waals surface area (Å²) >= 11 is 5.21. The van der Waals surface area contributed by atoms with Crippen LogP contribution in [0.1, 0.15) is 15.9 Å². The SMILES string of the molecule is COc1ccc(N2C(=O)/C(=C\c3ccc(OC(=O)c4ccccc4)cc3)C(=O)NC2=S)cc1. The molecular formula is C25H18N2O5S. The smallest absolute Gasteiger partial charge is 0.343 e. The third kappa shape index (κ3) is 4.81. The van der Waals surface area contributed by atoms with Crippen molar-refractivity contribution in [3.63, 3.8) is 0 Å². The number of amides is 2. The van der Waals surface area contributed by atoms with Gasteiger partial charge in [0.2, 0.25) is 0 Å². The van der Waals surface area contributed by atoms with Crippen molar-refractivity contribution in [1.29, 1.82) is 0 Å². The molecule has 0 aromatic heterocycles. The van der Waals surface area contributed by atoms with Crippen LogP contribution in [0.2, 0.25) is 0 Å². The van der Waals surface area contributed by atoms with E-state index < -0.39 is 17.8 Å². The van der Waals surface area contributed by atoms with Gasteiger partial charge in [-0.25, -0.2) is 4.79 Å². The Balaban J connectivity index is 1.54. The van der Waals surface area contributed by atoms with Crippen molar-refractivity contribution in [1.82, 2.24) is 5.32 Å². The summed E-state index contributed by atoms with van der Waals surface area (Å²) in [4.78, 5) is 39.0. The maximum absolute atomic E-state index is 13.1. The van der Waals surface area contributed by atoms with Gasteiger partial charge in [0.15, 0.2) is 5.11 Å². The van der Waals surface area contributed by atoms with Crippen LogP contribution in [-0.4, -0.2) is 30.0 Å². The average molecular weight is 458 g/mol. The summed E-state index contributed by atoms with van der Waals surface area (Å²) in [5.74, 6) is -0.650. The average Bonchev–Trinajstić information content (AvgIpc) is 2.83. The molecule has 3 aromatic carbocycles. The normalized spacial score (nSPS) is 14.8. The molecule has 0 atom stereocenters. The quantitative estimate of drug-likeness (QED) is 0.206. The van der Waals surface area contributed by atoms with Crippen molar-refractivity contribution in [3.05, 3.63) is 95.6 Å². The first kappa shape index (κ1) is 21.9. The fraction of sp³-hybridized carbons (Fsp3) is 0.0400. The Morgan fingerprint density at radius 2 is 1.55 bits per heavy atom. The Labute approximate surface area is 195 Å². The van der Waals surface area contributed by atoms with E-state index in [1.54, 1.807) is 79.9 Å². The molecule has 1 saturated heterocycles. The lowest BCUT2D eigenvalue weighted by molar-refractivity contribution is -0.122. The zero-order valence-corrected chi connectivity index (χ0v) is 18.3. The number of hydrogen-bond acceptors (Lipinski definition) is 6. The maximum atomic E-state index is 13.1. The number of thiocarbonyl (C=S) groups is 1. The van der Waals surface area contributed by atoms with E-state index in [9.17, 15) is 14.4 Å². The van der Waals surface area contributed by atoms with E-state index in [2.05, 4.69) is 5.32 Å². The summed E-state index contributed by atoms with van der Waals surface area (Å²) in [5.41, 5.74) is 1.44. The molecule has 164 valence electrons. The van der Waals surface area contributed by atoms with Crippen LogP contribution in [-0.2, 0) is 9.59 Å². The van der Waals surface area contributed by atoms with E-state index in [4.69, 9.17) is 21.7 Å². The first-order chi connectivity index (χ1) is 16.0. The van der Waals surface area contributed by atoms with E-state index >= 15 is 0 Å². The molecule has 1 aliphatic rings. The Kier molecular flexibility index (Phi) is 6.28. The Morgan fingerprint density at radius 3 is 2.18 bits per heavy atom. The Bertz CT molecular complexity index is 1250. The minimum atomic E-state index is -0.589.